The van der Waals surface area contributed by atoms with Gasteiger partial charge in [-0.25, -0.2) is 5.84 Å². The molecule has 0 aliphatic rings. The van der Waals surface area contributed by atoms with Crippen molar-refractivity contribution in [1.82, 2.24) is 14.9 Å². The minimum absolute atomic E-state index is 0.137. The van der Waals surface area contributed by atoms with Crippen LogP contribution in [0.25, 0.3) is 0 Å². The summed E-state index contributed by atoms with van der Waals surface area (Å²) in [6.07, 6.45) is 0.919. The van der Waals surface area contributed by atoms with E-state index in [2.05, 4.69) is 20.3 Å². The zero-order chi connectivity index (χ0) is 12.0. The maximum Gasteiger partial charge on any atom is 0.225 e. The standard InChI is InChI=1S/C9H18N6O/c1-15(2)4-3-5-16-8-6-7(14-11)12-9(10)13-8/h6H,3-5,11H2,1-2H3,(H3,10,12,13,14). The number of nitrogens with zero attached hydrogens (tertiary/aromatic N) is 3. The fourth-order valence-corrected chi connectivity index (χ4v) is 1.15. The van der Waals surface area contributed by atoms with Crippen molar-refractivity contribution >= 4 is 11.8 Å². The van der Waals surface area contributed by atoms with Crippen LogP contribution in [0.3, 0.4) is 0 Å². The highest BCUT2D eigenvalue weighted by Crippen LogP contribution is 2.13. The minimum Gasteiger partial charge on any atom is -0.477 e. The van der Waals surface area contributed by atoms with Gasteiger partial charge in [-0.05, 0) is 20.5 Å². The van der Waals surface area contributed by atoms with Crippen molar-refractivity contribution in [2.24, 2.45) is 5.84 Å². The number of anilines is 2. The lowest BCUT2D eigenvalue weighted by atomic mass is 10.4. The van der Waals surface area contributed by atoms with Gasteiger partial charge in [-0.15, -0.1) is 0 Å². The summed E-state index contributed by atoms with van der Waals surface area (Å²) in [6.45, 7) is 1.54. The van der Waals surface area contributed by atoms with Crippen molar-refractivity contribution in [2.75, 3.05) is 38.4 Å². The van der Waals surface area contributed by atoms with Gasteiger partial charge in [-0.3, -0.25) is 0 Å². The molecule has 1 aromatic rings. The van der Waals surface area contributed by atoms with Crippen molar-refractivity contribution in [2.45, 2.75) is 6.42 Å². The fourth-order valence-electron chi connectivity index (χ4n) is 1.15. The van der Waals surface area contributed by atoms with E-state index in [1.165, 1.54) is 0 Å². The highest BCUT2D eigenvalue weighted by molar-refractivity contribution is 5.41. The van der Waals surface area contributed by atoms with Crippen LogP contribution in [0.2, 0.25) is 0 Å². The summed E-state index contributed by atoms with van der Waals surface area (Å²) in [6, 6.07) is 1.60. The molecule has 90 valence electrons. The van der Waals surface area contributed by atoms with Crippen LogP contribution in [-0.4, -0.2) is 42.1 Å². The Balaban J connectivity index is 2.44. The molecule has 0 radical (unpaired) electrons. The van der Waals surface area contributed by atoms with Crippen LogP contribution in [0.4, 0.5) is 11.8 Å². The van der Waals surface area contributed by atoms with Crippen molar-refractivity contribution in [3.05, 3.63) is 6.07 Å². The van der Waals surface area contributed by atoms with Crippen LogP contribution in [0.5, 0.6) is 5.88 Å². The molecule has 0 aromatic carbocycles. The minimum atomic E-state index is 0.137. The highest BCUT2D eigenvalue weighted by Gasteiger charge is 2.02. The first kappa shape index (κ1) is 12.5. The SMILES string of the molecule is CN(C)CCCOc1cc(NN)nc(N)n1. The third-order valence-electron chi connectivity index (χ3n) is 1.87. The Labute approximate surface area is 94.8 Å². The highest BCUT2D eigenvalue weighted by atomic mass is 16.5. The third kappa shape index (κ3) is 4.28. The smallest absolute Gasteiger partial charge is 0.225 e. The van der Waals surface area contributed by atoms with Gasteiger partial charge in [0.15, 0.2) is 0 Å². The third-order valence-corrected chi connectivity index (χ3v) is 1.87. The molecule has 0 amide bonds. The molecule has 0 bridgehead atoms. The van der Waals surface area contributed by atoms with Crippen molar-refractivity contribution in [3.63, 3.8) is 0 Å². The molecule has 0 aliphatic heterocycles. The fraction of sp³-hybridized carbons (Fsp3) is 0.556. The number of nitrogens with two attached hydrogens (primary N) is 2. The van der Waals surface area contributed by atoms with Crippen LogP contribution in [0.1, 0.15) is 6.42 Å². The number of hydrogen-bond donors (Lipinski definition) is 3. The van der Waals surface area contributed by atoms with Gasteiger partial charge in [-0.1, -0.05) is 0 Å². The Kier molecular flexibility index (Phi) is 4.74. The van der Waals surface area contributed by atoms with E-state index in [-0.39, 0.29) is 5.95 Å². The molecule has 7 nitrogen and oxygen atoms in total. The normalized spacial score (nSPS) is 10.5. The topological polar surface area (TPSA) is 102 Å². The van der Waals surface area contributed by atoms with Gasteiger partial charge in [0.1, 0.15) is 5.82 Å². The maximum atomic E-state index is 5.48. The molecule has 1 heterocycles. The number of hydrogen-bond acceptors (Lipinski definition) is 7. The molecule has 0 fully saturated rings. The number of nitrogens with one attached hydrogen (secondary N) is 1. The van der Waals surface area contributed by atoms with Gasteiger partial charge in [0.05, 0.1) is 6.61 Å². The predicted molar refractivity (Wildman–Crippen MR) is 62.9 cm³/mol. The lowest BCUT2D eigenvalue weighted by Gasteiger charge is -2.10. The largest absolute Gasteiger partial charge is 0.477 e. The first-order valence-corrected chi connectivity index (χ1v) is 5.00. The summed E-state index contributed by atoms with van der Waals surface area (Å²) in [7, 11) is 4.03. The Morgan fingerprint density at radius 3 is 2.81 bits per heavy atom. The van der Waals surface area contributed by atoms with E-state index in [4.69, 9.17) is 16.3 Å². The Bertz CT molecular complexity index is 330. The van der Waals surface area contributed by atoms with E-state index in [9.17, 15) is 0 Å². The van der Waals surface area contributed by atoms with Crippen LogP contribution in [0, 0.1) is 0 Å². The van der Waals surface area contributed by atoms with E-state index in [1.807, 2.05) is 14.1 Å². The lowest BCUT2D eigenvalue weighted by molar-refractivity contribution is 0.273. The Morgan fingerprint density at radius 2 is 2.19 bits per heavy atom. The number of nitrogen functional groups attached to an aromatic ring is 2. The van der Waals surface area contributed by atoms with Crippen LogP contribution in [-0.2, 0) is 0 Å². The van der Waals surface area contributed by atoms with E-state index in [1.54, 1.807) is 6.07 Å². The van der Waals surface area contributed by atoms with Gasteiger partial charge in [-0.2, -0.15) is 9.97 Å². The number of rotatable bonds is 6. The molecule has 16 heavy (non-hydrogen) atoms. The van der Waals surface area contributed by atoms with Gasteiger partial charge < -0.3 is 20.8 Å². The molecular weight excluding hydrogens is 208 g/mol. The molecule has 5 N–H and O–H groups in total. The molecule has 1 rings (SSSR count). The van der Waals surface area contributed by atoms with E-state index >= 15 is 0 Å². The number of hydrazine groups is 1. The molecule has 0 spiro atoms. The molecule has 0 saturated heterocycles. The molecular formula is C9H18N6O. The van der Waals surface area contributed by atoms with Gasteiger partial charge in [0, 0.05) is 12.6 Å². The van der Waals surface area contributed by atoms with Gasteiger partial charge in [0.25, 0.3) is 0 Å². The molecule has 7 heteroatoms. The van der Waals surface area contributed by atoms with Crippen molar-refractivity contribution in [1.29, 1.82) is 0 Å². The summed E-state index contributed by atoms with van der Waals surface area (Å²) in [4.78, 5) is 9.87. The molecule has 0 saturated carbocycles. The molecule has 1 aromatic heterocycles. The lowest BCUT2D eigenvalue weighted by Crippen LogP contribution is -2.16. The number of aromatic nitrogens is 2. The summed E-state index contributed by atoms with van der Waals surface area (Å²) in [5, 5.41) is 0. The molecule has 0 aliphatic carbocycles. The van der Waals surface area contributed by atoms with E-state index in [0.29, 0.717) is 18.3 Å². The van der Waals surface area contributed by atoms with Crippen LogP contribution >= 0.6 is 0 Å². The maximum absolute atomic E-state index is 5.48. The second kappa shape index (κ2) is 6.09. The Hall–Kier alpha value is -1.60. The predicted octanol–water partition coefficient (Wildman–Crippen LogP) is -0.325. The second-order valence-corrected chi connectivity index (χ2v) is 3.60. The first-order chi connectivity index (χ1) is 7.61. The summed E-state index contributed by atoms with van der Waals surface area (Å²) < 4.78 is 5.43. The van der Waals surface area contributed by atoms with Crippen molar-refractivity contribution in [3.8, 4) is 5.88 Å². The van der Waals surface area contributed by atoms with E-state index < -0.39 is 0 Å². The first-order valence-electron chi connectivity index (χ1n) is 5.00. The molecule has 0 unspecified atom stereocenters. The summed E-state index contributed by atoms with van der Waals surface area (Å²) >= 11 is 0. The average molecular weight is 226 g/mol. The quantitative estimate of drug-likeness (QED) is 0.347. The van der Waals surface area contributed by atoms with E-state index in [0.717, 1.165) is 13.0 Å². The Morgan fingerprint density at radius 1 is 1.44 bits per heavy atom. The van der Waals surface area contributed by atoms with Gasteiger partial charge >= 0.3 is 0 Å². The zero-order valence-electron chi connectivity index (χ0n) is 9.60. The molecule has 0 atom stereocenters. The summed E-state index contributed by atoms with van der Waals surface area (Å²) in [5.41, 5.74) is 7.88. The number of ether oxygens (including phenoxy) is 1. The van der Waals surface area contributed by atoms with Gasteiger partial charge in [0.2, 0.25) is 11.8 Å². The summed E-state index contributed by atoms with van der Waals surface area (Å²) in [5.74, 6) is 6.23. The van der Waals surface area contributed by atoms with Crippen molar-refractivity contribution < 1.29 is 4.74 Å². The van der Waals surface area contributed by atoms with Crippen LogP contribution < -0.4 is 21.7 Å². The van der Waals surface area contributed by atoms with Crippen LogP contribution in [0.15, 0.2) is 6.07 Å². The monoisotopic (exact) mass is 226 g/mol. The average Bonchev–Trinajstić information content (AvgIpc) is 2.23. The second-order valence-electron chi connectivity index (χ2n) is 3.60. The zero-order valence-corrected chi connectivity index (χ0v) is 9.60.